The third-order valence-electron chi connectivity index (χ3n) is 1.86. The molecule has 1 heterocycles. The van der Waals surface area contributed by atoms with Crippen LogP contribution in [0.3, 0.4) is 0 Å². The molecule has 3 N–H and O–H groups in total. The van der Waals surface area contributed by atoms with Crippen LogP contribution >= 0.6 is 8.81 Å². The van der Waals surface area contributed by atoms with Gasteiger partial charge in [-0.1, -0.05) is 0 Å². The molecule has 0 fully saturated rings. The number of rotatable bonds is 6. The zero-order chi connectivity index (χ0) is 12.2. The van der Waals surface area contributed by atoms with Gasteiger partial charge in [0.25, 0.3) is 0 Å². The van der Waals surface area contributed by atoms with Crippen LogP contribution in [0.15, 0.2) is 18.7 Å². The highest BCUT2D eigenvalue weighted by Crippen LogP contribution is 2.32. The van der Waals surface area contributed by atoms with Gasteiger partial charge in [-0.05, 0) is 13.8 Å². The lowest BCUT2D eigenvalue weighted by molar-refractivity contribution is -0.0926. The van der Waals surface area contributed by atoms with E-state index in [1.54, 1.807) is 30.2 Å². The van der Waals surface area contributed by atoms with Gasteiger partial charge >= 0.3 is 0 Å². The van der Waals surface area contributed by atoms with Gasteiger partial charge in [0.2, 0.25) is 0 Å². The molecule has 1 aromatic rings. The highest BCUT2D eigenvalue weighted by molar-refractivity contribution is 7.34. The molecule has 0 bridgehead atoms. The third kappa shape index (κ3) is 4.55. The largest absolute Gasteiger partial charge is 0.388 e. The van der Waals surface area contributed by atoms with Crippen LogP contribution in [0.4, 0.5) is 0 Å². The van der Waals surface area contributed by atoms with Crippen molar-refractivity contribution in [3.05, 3.63) is 18.7 Å². The summed E-state index contributed by atoms with van der Waals surface area (Å²) in [6.45, 7) is 3.33. The summed E-state index contributed by atoms with van der Waals surface area (Å²) in [4.78, 5) is 3.85. The van der Waals surface area contributed by atoms with E-state index in [0.29, 0.717) is 6.54 Å². The van der Waals surface area contributed by atoms with E-state index in [9.17, 15) is 10.2 Å². The number of nitrogens with zero attached hydrogens (tertiary/aromatic N) is 2. The van der Waals surface area contributed by atoms with Gasteiger partial charge in [-0.3, -0.25) is 0 Å². The highest BCUT2D eigenvalue weighted by Gasteiger charge is 2.24. The lowest BCUT2D eigenvalue weighted by atomic mass is 10.4. The second kappa shape index (κ2) is 5.70. The lowest BCUT2D eigenvalue weighted by Gasteiger charge is -2.25. The van der Waals surface area contributed by atoms with Crippen LogP contribution in [0.5, 0.6) is 0 Å². The van der Waals surface area contributed by atoms with Crippen LogP contribution in [0.1, 0.15) is 13.8 Å². The van der Waals surface area contributed by atoms with Gasteiger partial charge in [-0.2, -0.15) is 0 Å². The number of aromatic nitrogens is 2. The maximum atomic E-state index is 9.96. The Morgan fingerprint density at radius 1 is 1.56 bits per heavy atom. The van der Waals surface area contributed by atoms with Gasteiger partial charge in [-0.15, -0.1) is 0 Å². The van der Waals surface area contributed by atoms with Gasteiger partial charge in [0.05, 0.1) is 21.7 Å². The number of imidazole rings is 1. The van der Waals surface area contributed by atoms with E-state index < -0.39 is 17.7 Å². The molecule has 1 rings (SSSR count). The predicted octanol–water partition coefficient (Wildman–Crippen LogP) is -0.0991. The molecular weight excluding hydrogens is 231 g/mol. The molecule has 4 unspecified atom stereocenters. The first-order chi connectivity index (χ1) is 7.41. The van der Waals surface area contributed by atoms with Crippen LogP contribution in [0.2, 0.25) is 0 Å². The van der Waals surface area contributed by atoms with E-state index in [0.717, 1.165) is 0 Å². The topological polar surface area (TPSA) is 87.7 Å². The number of hydrogen-bond donors (Lipinski definition) is 3. The highest BCUT2D eigenvalue weighted by atomic mass is 31.1. The first-order valence-corrected chi connectivity index (χ1v) is 5.78. The van der Waals surface area contributed by atoms with E-state index in [4.69, 9.17) is 9.63 Å². The molecular formula is C9H17N2O4P. The molecule has 0 aliphatic rings. The average molecular weight is 248 g/mol. The maximum absolute atomic E-state index is 9.96. The Kier molecular flexibility index (Phi) is 4.83. The summed E-state index contributed by atoms with van der Waals surface area (Å²) in [5, 5.41) is 27.1. The molecule has 0 spiro atoms. The van der Waals surface area contributed by atoms with Gasteiger partial charge < -0.3 is 24.4 Å². The zero-order valence-electron chi connectivity index (χ0n) is 9.24. The van der Waals surface area contributed by atoms with E-state index in [1.165, 1.54) is 6.92 Å². The minimum atomic E-state index is -1.27. The van der Waals surface area contributed by atoms with Gasteiger partial charge in [0, 0.05) is 12.4 Å². The van der Waals surface area contributed by atoms with Crippen molar-refractivity contribution in [3.63, 3.8) is 0 Å². The molecule has 0 saturated heterocycles. The van der Waals surface area contributed by atoms with E-state index >= 15 is 0 Å². The van der Waals surface area contributed by atoms with Crippen molar-refractivity contribution in [2.45, 2.75) is 38.1 Å². The molecule has 1 aromatic heterocycles. The fourth-order valence-corrected chi connectivity index (χ4v) is 1.87. The molecule has 92 valence electrons. The summed E-state index contributed by atoms with van der Waals surface area (Å²) >= 11 is 0. The van der Waals surface area contributed by atoms with Crippen LogP contribution in [-0.2, 0) is 11.1 Å². The molecule has 0 radical (unpaired) electrons. The minimum Gasteiger partial charge on any atom is -0.388 e. The maximum Gasteiger partial charge on any atom is 0.184 e. The Labute approximate surface area is 95.8 Å². The van der Waals surface area contributed by atoms with Gasteiger partial charge in [0.15, 0.2) is 6.29 Å². The van der Waals surface area contributed by atoms with Crippen molar-refractivity contribution in [2.24, 2.45) is 0 Å². The molecule has 0 amide bonds. The predicted molar refractivity (Wildman–Crippen MR) is 59.9 cm³/mol. The third-order valence-corrected chi connectivity index (χ3v) is 2.82. The standard InChI is InChI=1S/C9H17N2O4P/c1-7(12)8(13)15-16-9(2,14)5-11-4-3-10-6-11/h3-4,6-8,12-14,16H,5H2,1-2H3. The van der Waals surface area contributed by atoms with E-state index in [-0.39, 0.29) is 8.81 Å². The second-order valence-corrected chi connectivity index (χ2v) is 5.38. The fraction of sp³-hybridized carbons (Fsp3) is 0.667. The van der Waals surface area contributed by atoms with Gasteiger partial charge in [-0.25, -0.2) is 4.98 Å². The van der Waals surface area contributed by atoms with E-state index in [1.807, 2.05) is 0 Å². The molecule has 7 heteroatoms. The summed E-state index contributed by atoms with van der Waals surface area (Å²) in [6, 6.07) is 0. The molecule has 6 nitrogen and oxygen atoms in total. The summed E-state index contributed by atoms with van der Waals surface area (Å²) in [5.74, 6) is 0. The summed E-state index contributed by atoms with van der Waals surface area (Å²) in [6.07, 6.45) is 2.68. The molecule has 4 atom stereocenters. The normalized spacial score (nSPS) is 19.8. The van der Waals surface area contributed by atoms with Crippen molar-refractivity contribution in [3.8, 4) is 0 Å². The number of aliphatic hydroxyl groups is 3. The average Bonchev–Trinajstić information content (AvgIpc) is 2.65. The van der Waals surface area contributed by atoms with Crippen LogP contribution in [-0.4, -0.2) is 42.6 Å². The van der Waals surface area contributed by atoms with E-state index in [2.05, 4.69) is 4.98 Å². The first-order valence-electron chi connectivity index (χ1n) is 4.88. The SMILES string of the molecule is CC(O)C(O)OPC(C)(O)Cn1ccnc1. The molecule has 0 aromatic carbocycles. The fourth-order valence-electron chi connectivity index (χ4n) is 1.05. The van der Waals surface area contributed by atoms with Crippen molar-refractivity contribution in [2.75, 3.05) is 0 Å². The Bertz CT molecular complexity index is 302. The van der Waals surface area contributed by atoms with Gasteiger partial charge in [0.1, 0.15) is 11.4 Å². The van der Waals surface area contributed by atoms with Crippen molar-refractivity contribution >= 4 is 8.81 Å². The molecule has 0 aliphatic carbocycles. The Hall–Kier alpha value is -0.520. The summed E-state index contributed by atoms with van der Waals surface area (Å²) in [5.41, 5.74) is 0. The van der Waals surface area contributed by atoms with Crippen LogP contribution in [0.25, 0.3) is 0 Å². The quantitative estimate of drug-likeness (QED) is 0.483. The molecule has 0 aliphatic heterocycles. The Morgan fingerprint density at radius 2 is 2.25 bits per heavy atom. The smallest absolute Gasteiger partial charge is 0.184 e. The number of aliphatic hydroxyl groups excluding tert-OH is 2. The van der Waals surface area contributed by atoms with Crippen molar-refractivity contribution < 1.29 is 19.8 Å². The molecule has 16 heavy (non-hydrogen) atoms. The summed E-state index contributed by atoms with van der Waals surface area (Å²) in [7, 11) is -0.333. The first kappa shape index (κ1) is 13.5. The second-order valence-electron chi connectivity index (χ2n) is 3.86. The summed E-state index contributed by atoms with van der Waals surface area (Å²) < 4.78 is 6.68. The van der Waals surface area contributed by atoms with Crippen LogP contribution < -0.4 is 0 Å². The lowest BCUT2D eigenvalue weighted by Crippen LogP contribution is -2.29. The zero-order valence-corrected chi connectivity index (χ0v) is 10.2. The monoisotopic (exact) mass is 248 g/mol. The minimum absolute atomic E-state index is 0.317. The number of hydrogen-bond acceptors (Lipinski definition) is 5. The van der Waals surface area contributed by atoms with Crippen LogP contribution in [0, 0.1) is 0 Å². The van der Waals surface area contributed by atoms with Crippen molar-refractivity contribution in [1.29, 1.82) is 0 Å². The molecule has 0 saturated carbocycles. The Balaban J connectivity index is 2.40. The van der Waals surface area contributed by atoms with Crippen molar-refractivity contribution in [1.82, 2.24) is 9.55 Å². The Morgan fingerprint density at radius 3 is 2.75 bits per heavy atom.